The Morgan fingerprint density at radius 3 is 2.82 bits per heavy atom. The van der Waals surface area contributed by atoms with Crippen LogP contribution in [0, 0.1) is 0 Å². The summed E-state index contributed by atoms with van der Waals surface area (Å²) in [4.78, 5) is 10.6. The van der Waals surface area contributed by atoms with Crippen LogP contribution in [-0.2, 0) is 11.3 Å². The van der Waals surface area contributed by atoms with Crippen molar-refractivity contribution in [2.24, 2.45) is 5.73 Å². The zero-order valence-corrected chi connectivity index (χ0v) is 9.95. The third kappa shape index (κ3) is 3.77. The van der Waals surface area contributed by atoms with Crippen LogP contribution in [-0.4, -0.2) is 24.8 Å². The Bertz CT molecular complexity index is 412. The van der Waals surface area contributed by atoms with E-state index in [9.17, 15) is 4.79 Å². The second-order valence-electron chi connectivity index (χ2n) is 3.20. The number of rotatable bonds is 6. The van der Waals surface area contributed by atoms with Gasteiger partial charge < -0.3 is 20.4 Å². The molecule has 1 aromatic carbocycles. The Labute approximate surface area is 103 Å². The van der Waals surface area contributed by atoms with E-state index in [4.69, 9.17) is 32.0 Å². The molecule has 0 bridgehead atoms. The zero-order valence-electron chi connectivity index (χ0n) is 9.20. The van der Waals surface area contributed by atoms with Gasteiger partial charge in [-0.25, -0.2) is 5.48 Å². The zero-order chi connectivity index (χ0) is 12.8. The molecule has 0 aliphatic rings. The molecule has 0 aliphatic carbocycles. The highest BCUT2D eigenvalue weighted by Gasteiger charge is 2.12. The number of amides is 1. The van der Waals surface area contributed by atoms with E-state index < -0.39 is 5.91 Å². The SMILES string of the molecule is COc1cc(CNO)cc(Cl)c1OCC(N)=O. The number of ether oxygens (including phenoxy) is 2. The summed E-state index contributed by atoms with van der Waals surface area (Å²) in [6, 6.07) is 3.22. The van der Waals surface area contributed by atoms with E-state index in [1.807, 2.05) is 5.48 Å². The summed E-state index contributed by atoms with van der Waals surface area (Å²) in [6.07, 6.45) is 0. The predicted octanol–water partition coefficient (Wildman–Crippen LogP) is 0.692. The second-order valence-corrected chi connectivity index (χ2v) is 3.61. The minimum absolute atomic E-state index is 0.214. The van der Waals surface area contributed by atoms with Crippen LogP contribution < -0.4 is 20.7 Å². The third-order valence-corrected chi connectivity index (χ3v) is 2.21. The van der Waals surface area contributed by atoms with Gasteiger partial charge in [0.25, 0.3) is 5.91 Å². The molecule has 4 N–H and O–H groups in total. The molecule has 1 amide bonds. The first-order chi connectivity index (χ1) is 8.08. The van der Waals surface area contributed by atoms with Crippen LogP contribution in [0.2, 0.25) is 5.02 Å². The highest BCUT2D eigenvalue weighted by Crippen LogP contribution is 2.36. The van der Waals surface area contributed by atoms with Crippen molar-refractivity contribution < 1.29 is 19.5 Å². The molecule has 0 spiro atoms. The van der Waals surface area contributed by atoms with Crippen LogP contribution in [0.25, 0.3) is 0 Å². The van der Waals surface area contributed by atoms with E-state index in [1.54, 1.807) is 12.1 Å². The molecule has 0 saturated heterocycles. The first kappa shape index (κ1) is 13.6. The van der Waals surface area contributed by atoms with Crippen LogP contribution >= 0.6 is 11.6 Å². The van der Waals surface area contributed by atoms with Crippen LogP contribution in [0.4, 0.5) is 0 Å². The van der Waals surface area contributed by atoms with Crippen molar-refractivity contribution >= 4 is 17.5 Å². The molecule has 0 aliphatic heterocycles. The van der Waals surface area contributed by atoms with Crippen molar-refractivity contribution in [2.45, 2.75) is 6.54 Å². The topological polar surface area (TPSA) is 93.8 Å². The Kier molecular flexibility index (Phi) is 5.02. The fraction of sp³-hybridized carbons (Fsp3) is 0.300. The molecule has 0 aromatic heterocycles. The molecule has 0 atom stereocenters. The predicted molar refractivity (Wildman–Crippen MR) is 61.3 cm³/mol. The second kappa shape index (κ2) is 6.29. The van der Waals surface area contributed by atoms with Crippen LogP contribution in [0.1, 0.15) is 5.56 Å². The summed E-state index contributed by atoms with van der Waals surface area (Å²) in [5.74, 6) is 0.00266. The van der Waals surface area contributed by atoms with Gasteiger partial charge in [-0.05, 0) is 17.7 Å². The first-order valence-electron chi connectivity index (χ1n) is 4.73. The molecule has 7 heteroatoms. The molecule has 0 unspecified atom stereocenters. The lowest BCUT2D eigenvalue weighted by Crippen LogP contribution is -2.20. The number of hydrogen-bond acceptors (Lipinski definition) is 5. The molecule has 1 rings (SSSR count). The van der Waals surface area contributed by atoms with Gasteiger partial charge >= 0.3 is 0 Å². The van der Waals surface area contributed by atoms with Gasteiger partial charge in [0, 0.05) is 6.54 Å². The summed E-state index contributed by atoms with van der Waals surface area (Å²) >= 11 is 5.97. The molecule has 6 nitrogen and oxygen atoms in total. The minimum Gasteiger partial charge on any atom is -0.493 e. The van der Waals surface area contributed by atoms with Gasteiger partial charge in [0.05, 0.1) is 12.1 Å². The monoisotopic (exact) mass is 260 g/mol. The van der Waals surface area contributed by atoms with Gasteiger partial charge in [0.1, 0.15) is 0 Å². The van der Waals surface area contributed by atoms with Crippen LogP contribution in [0.3, 0.4) is 0 Å². The highest BCUT2D eigenvalue weighted by atomic mass is 35.5. The van der Waals surface area contributed by atoms with Crippen molar-refractivity contribution in [1.29, 1.82) is 0 Å². The van der Waals surface area contributed by atoms with Crippen LogP contribution in [0.5, 0.6) is 11.5 Å². The Balaban J connectivity index is 2.98. The summed E-state index contributed by atoms with van der Waals surface area (Å²) in [5, 5.41) is 8.87. The lowest BCUT2D eigenvalue weighted by Gasteiger charge is -2.13. The molecular weight excluding hydrogens is 248 g/mol. The van der Waals surface area contributed by atoms with E-state index >= 15 is 0 Å². The molecule has 17 heavy (non-hydrogen) atoms. The van der Waals surface area contributed by atoms with Crippen molar-refractivity contribution in [3.05, 3.63) is 22.7 Å². The number of hydrogen-bond donors (Lipinski definition) is 3. The number of methoxy groups -OCH3 is 1. The minimum atomic E-state index is -0.607. The number of benzene rings is 1. The standard InChI is InChI=1S/C10H13ClN2O4/c1-16-8-3-6(4-13-15)2-7(11)10(8)17-5-9(12)14/h2-3,13,15H,4-5H2,1H3,(H2,12,14). The Morgan fingerprint density at radius 1 is 1.59 bits per heavy atom. The quantitative estimate of drug-likeness (QED) is 0.655. The maximum atomic E-state index is 10.6. The van der Waals surface area contributed by atoms with Gasteiger partial charge in [0.2, 0.25) is 0 Å². The maximum absolute atomic E-state index is 10.6. The van der Waals surface area contributed by atoms with Crippen molar-refractivity contribution in [2.75, 3.05) is 13.7 Å². The molecule has 0 saturated carbocycles. The van der Waals surface area contributed by atoms with E-state index in [2.05, 4.69) is 0 Å². The smallest absolute Gasteiger partial charge is 0.255 e. The molecule has 0 fully saturated rings. The number of carbonyl (C=O) groups excluding carboxylic acids is 1. The van der Waals surface area contributed by atoms with E-state index in [0.29, 0.717) is 11.3 Å². The Morgan fingerprint density at radius 2 is 2.29 bits per heavy atom. The van der Waals surface area contributed by atoms with Gasteiger partial charge in [-0.3, -0.25) is 4.79 Å². The van der Waals surface area contributed by atoms with Crippen molar-refractivity contribution in [3.8, 4) is 11.5 Å². The fourth-order valence-electron chi connectivity index (χ4n) is 1.25. The first-order valence-corrected chi connectivity index (χ1v) is 5.10. The summed E-state index contributed by atoms with van der Waals surface area (Å²) in [6.45, 7) is -0.0696. The molecule has 94 valence electrons. The highest BCUT2D eigenvalue weighted by molar-refractivity contribution is 6.32. The molecule has 0 radical (unpaired) electrons. The number of hydroxylamine groups is 1. The van der Waals surface area contributed by atoms with Gasteiger partial charge in [-0.15, -0.1) is 0 Å². The summed E-state index contributed by atoms with van der Waals surface area (Å²) in [5.41, 5.74) is 7.68. The van der Waals surface area contributed by atoms with Gasteiger partial charge in [0.15, 0.2) is 18.1 Å². The number of nitrogens with two attached hydrogens (primary N) is 1. The van der Waals surface area contributed by atoms with Gasteiger partial charge in [-0.2, -0.15) is 0 Å². The number of primary amides is 1. The molecule has 0 heterocycles. The fourth-order valence-corrected chi connectivity index (χ4v) is 1.54. The van der Waals surface area contributed by atoms with E-state index in [0.717, 1.165) is 0 Å². The summed E-state index contributed by atoms with van der Waals surface area (Å²) in [7, 11) is 1.44. The molecule has 1 aromatic rings. The number of halogens is 1. The van der Waals surface area contributed by atoms with Gasteiger partial charge in [-0.1, -0.05) is 11.6 Å². The van der Waals surface area contributed by atoms with Crippen LogP contribution in [0.15, 0.2) is 12.1 Å². The van der Waals surface area contributed by atoms with Crippen molar-refractivity contribution in [3.63, 3.8) is 0 Å². The maximum Gasteiger partial charge on any atom is 0.255 e. The number of carbonyl (C=O) groups is 1. The van der Waals surface area contributed by atoms with Crippen molar-refractivity contribution in [1.82, 2.24) is 5.48 Å². The Hall–Kier alpha value is -1.50. The largest absolute Gasteiger partial charge is 0.493 e. The third-order valence-electron chi connectivity index (χ3n) is 1.93. The average molecular weight is 261 g/mol. The lowest BCUT2D eigenvalue weighted by molar-refractivity contribution is -0.119. The molecular formula is C10H13ClN2O4. The van der Waals surface area contributed by atoms with E-state index in [-0.39, 0.29) is 23.9 Å². The average Bonchev–Trinajstić information content (AvgIpc) is 2.27. The lowest BCUT2D eigenvalue weighted by atomic mass is 10.2. The number of nitrogens with one attached hydrogen (secondary N) is 1. The van der Waals surface area contributed by atoms with E-state index in [1.165, 1.54) is 7.11 Å². The normalized spacial score (nSPS) is 10.1. The summed E-state index contributed by atoms with van der Waals surface area (Å²) < 4.78 is 10.2.